The summed E-state index contributed by atoms with van der Waals surface area (Å²) in [5.41, 5.74) is 0.198. The van der Waals surface area contributed by atoms with Gasteiger partial charge < -0.3 is 9.84 Å². The van der Waals surface area contributed by atoms with Gasteiger partial charge >= 0.3 is 6.18 Å². The number of benzene rings is 2. The molecule has 0 saturated carbocycles. The standard InChI is InChI=1S/C15H13F3O2/c1-10-4-2-3-5-14(10)20-9-11-6-7-13(19)12(8-11)15(16,17)18/h2-8,19H,9H2,1H3. The molecule has 2 aromatic carbocycles. The second-order valence-corrected chi connectivity index (χ2v) is 4.40. The Kier molecular flexibility index (Phi) is 3.88. The molecular formula is C15H13F3O2. The van der Waals surface area contributed by atoms with Gasteiger partial charge in [-0.3, -0.25) is 0 Å². The molecule has 0 amide bonds. The Morgan fingerprint density at radius 1 is 1.10 bits per heavy atom. The molecule has 1 N–H and O–H groups in total. The molecule has 0 aliphatic rings. The van der Waals surface area contributed by atoms with Crippen LogP contribution in [0, 0.1) is 6.92 Å². The van der Waals surface area contributed by atoms with E-state index in [2.05, 4.69) is 0 Å². The van der Waals surface area contributed by atoms with Crippen LogP contribution in [-0.2, 0) is 12.8 Å². The Balaban J connectivity index is 2.17. The molecule has 0 spiro atoms. The predicted octanol–water partition coefficient (Wildman–Crippen LogP) is 4.30. The normalized spacial score (nSPS) is 11.4. The number of aryl methyl sites for hydroxylation is 1. The fraction of sp³-hybridized carbons (Fsp3) is 0.200. The van der Waals surface area contributed by atoms with Crippen molar-refractivity contribution in [3.8, 4) is 11.5 Å². The average Bonchev–Trinajstić information content (AvgIpc) is 2.38. The van der Waals surface area contributed by atoms with Crippen molar-refractivity contribution in [2.24, 2.45) is 0 Å². The van der Waals surface area contributed by atoms with Gasteiger partial charge in [-0.05, 0) is 36.2 Å². The number of para-hydroxylation sites is 1. The molecule has 0 atom stereocenters. The van der Waals surface area contributed by atoms with Crippen molar-refractivity contribution in [1.29, 1.82) is 0 Å². The van der Waals surface area contributed by atoms with Crippen molar-refractivity contribution in [2.45, 2.75) is 19.7 Å². The summed E-state index contributed by atoms with van der Waals surface area (Å²) in [6, 6.07) is 10.6. The lowest BCUT2D eigenvalue weighted by molar-refractivity contribution is -0.138. The van der Waals surface area contributed by atoms with E-state index in [4.69, 9.17) is 4.74 Å². The molecular weight excluding hydrogens is 269 g/mol. The van der Waals surface area contributed by atoms with Gasteiger partial charge in [-0.25, -0.2) is 0 Å². The summed E-state index contributed by atoms with van der Waals surface area (Å²) >= 11 is 0. The number of phenolic OH excluding ortho intramolecular Hbond substituents is 1. The Hall–Kier alpha value is -2.17. The van der Waals surface area contributed by atoms with Gasteiger partial charge in [0.1, 0.15) is 18.1 Å². The van der Waals surface area contributed by atoms with Gasteiger partial charge in [0.2, 0.25) is 0 Å². The number of hydrogen-bond acceptors (Lipinski definition) is 2. The minimum absolute atomic E-state index is 0.00815. The van der Waals surface area contributed by atoms with Crippen LogP contribution in [-0.4, -0.2) is 5.11 Å². The third-order valence-corrected chi connectivity index (χ3v) is 2.85. The zero-order valence-corrected chi connectivity index (χ0v) is 10.7. The van der Waals surface area contributed by atoms with Crippen LogP contribution in [0.2, 0.25) is 0 Å². The smallest absolute Gasteiger partial charge is 0.419 e. The number of ether oxygens (including phenoxy) is 1. The van der Waals surface area contributed by atoms with Gasteiger partial charge in [-0.2, -0.15) is 13.2 Å². The van der Waals surface area contributed by atoms with Crippen LogP contribution in [0.1, 0.15) is 16.7 Å². The topological polar surface area (TPSA) is 29.5 Å². The van der Waals surface area contributed by atoms with Crippen LogP contribution in [0.25, 0.3) is 0 Å². The van der Waals surface area contributed by atoms with Crippen LogP contribution >= 0.6 is 0 Å². The van der Waals surface area contributed by atoms with Crippen LogP contribution in [0.4, 0.5) is 13.2 Å². The van der Waals surface area contributed by atoms with E-state index >= 15 is 0 Å². The highest BCUT2D eigenvalue weighted by Gasteiger charge is 2.33. The summed E-state index contributed by atoms with van der Waals surface area (Å²) < 4.78 is 43.4. The molecule has 0 radical (unpaired) electrons. The lowest BCUT2D eigenvalue weighted by atomic mass is 10.1. The predicted molar refractivity (Wildman–Crippen MR) is 68.6 cm³/mol. The van der Waals surface area contributed by atoms with Gasteiger partial charge in [0.05, 0.1) is 5.56 Å². The van der Waals surface area contributed by atoms with Gasteiger partial charge in [-0.1, -0.05) is 24.3 Å². The maximum atomic E-state index is 12.7. The van der Waals surface area contributed by atoms with Gasteiger partial charge in [0, 0.05) is 0 Å². The van der Waals surface area contributed by atoms with Crippen molar-refractivity contribution >= 4 is 0 Å². The van der Waals surface area contributed by atoms with E-state index in [0.29, 0.717) is 11.3 Å². The van der Waals surface area contributed by atoms with Crippen molar-refractivity contribution < 1.29 is 23.0 Å². The van der Waals surface area contributed by atoms with E-state index in [1.807, 2.05) is 19.1 Å². The maximum absolute atomic E-state index is 12.7. The summed E-state index contributed by atoms with van der Waals surface area (Å²) in [7, 11) is 0. The van der Waals surface area contributed by atoms with Crippen molar-refractivity contribution in [1.82, 2.24) is 0 Å². The van der Waals surface area contributed by atoms with E-state index in [1.165, 1.54) is 6.07 Å². The molecule has 0 fully saturated rings. The summed E-state index contributed by atoms with van der Waals surface area (Å²) in [5.74, 6) is -0.161. The van der Waals surface area contributed by atoms with Crippen molar-refractivity contribution in [3.63, 3.8) is 0 Å². The average molecular weight is 282 g/mol. The highest BCUT2D eigenvalue weighted by atomic mass is 19.4. The molecule has 5 heteroatoms. The summed E-state index contributed by atoms with van der Waals surface area (Å²) in [5, 5.41) is 9.24. The van der Waals surface area contributed by atoms with Crippen LogP contribution in [0.5, 0.6) is 11.5 Å². The number of aromatic hydroxyl groups is 1. The zero-order valence-electron chi connectivity index (χ0n) is 10.7. The van der Waals surface area contributed by atoms with Crippen molar-refractivity contribution in [3.05, 3.63) is 59.2 Å². The first kappa shape index (κ1) is 14.2. The molecule has 2 rings (SSSR count). The Labute approximate surface area is 114 Å². The highest BCUT2D eigenvalue weighted by Crippen LogP contribution is 2.36. The molecule has 0 aliphatic carbocycles. The first-order valence-electron chi connectivity index (χ1n) is 5.95. The Bertz CT molecular complexity index is 606. The van der Waals surface area contributed by atoms with E-state index < -0.39 is 17.5 Å². The third kappa shape index (κ3) is 3.23. The number of hydrogen-bond donors (Lipinski definition) is 1. The summed E-state index contributed by atoms with van der Waals surface area (Å²) in [6.07, 6.45) is -4.58. The first-order valence-corrected chi connectivity index (χ1v) is 5.95. The van der Waals surface area contributed by atoms with Crippen LogP contribution < -0.4 is 4.74 Å². The lowest BCUT2D eigenvalue weighted by Crippen LogP contribution is -2.07. The molecule has 0 bridgehead atoms. The molecule has 0 unspecified atom stereocenters. The lowest BCUT2D eigenvalue weighted by Gasteiger charge is -2.12. The minimum Gasteiger partial charge on any atom is -0.507 e. The molecule has 106 valence electrons. The van der Waals surface area contributed by atoms with E-state index in [1.54, 1.807) is 12.1 Å². The second kappa shape index (κ2) is 5.45. The minimum atomic E-state index is -4.58. The second-order valence-electron chi connectivity index (χ2n) is 4.40. The van der Waals surface area contributed by atoms with Gasteiger partial charge in [0.15, 0.2) is 0 Å². The number of phenols is 1. The fourth-order valence-electron chi connectivity index (χ4n) is 1.78. The number of halogens is 3. The molecule has 2 aromatic rings. The Morgan fingerprint density at radius 3 is 2.45 bits per heavy atom. The Morgan fingerprint density at radius 2 is 1.80 bits per heavy atom. The van der Waals surface area contributed by atoms with Crippen LogP contribution in [0.15, 0.2) is 42.5 Å². The van der Waals surface area contributed by atoms with E-state index in [0.717, 1.165) is 17.7 Å². The monoisotopic (exact) mass is 282 g/mol. The van der Waals surface area contributed by atoms with Gasteiger partial charge in [0.25, 0.3) is 0 Å². The SMILES string of the molecule is Cc1ccccc1OCc1ccc(O)c(C(F)(F)F)c1. The largest absolute Gasteiger partial charge is 0.507 e. The quantitative estimate of drug-likeness (QED) is 0.909. The highest BCUT2D eigenvalue weighted by molar-refractivity contribution is 5.38. The zero-order chi connectivity index (χ0) is 14.8. The fourth-order valence-corrected chi connectivity index (χ4v) is 1.78. The first-order chi connectivity index (χ1) is 9.38. The molecule has 0 aromatic heterocycles. The number of alkyl halides is 3. The van der Waals surface area contributed by atoms with Gasteiger partial charge in [-0.15, -0.1) is 0 Å². The van der Waals surface area contributed by atoms with Crippen molar-refractivity contribution in [2.75, 3.05) is 0 Å². The van der Waals surface area contributed by atoms with Crippen LogP contribution in [0.3, 0.4) is 0 Å². The molecule has 0 aliphatic heterocycles. The molecule has 2 nitrogen and oxygen atoms in total. The molecule has 0 saturated heterocycles. The number of rotatable bonds is 3. The van der Waals surface area contributed by atoms with E-state index in [9.17, 15) is 18.3 Å². The summed E-state index contributed by atoms with van der Waals surface area (Å²) in [4.78, 5) is 0. The molecule has 20 heavy (non-hydrogen) atoms. The molecule has 0 heterocycles. The van der Waals surface area contributed by atoms with E-state index in [-0.39, 0.29) is 6.61 Å². The third-order valence-electron chi connectivity index (χ3n) is 2.85. The summed E-state index contributed by atoms with van der Waals surface area (Å²) in [6.45, 7) is 1.86. The maximum Gasteiger partial charge on any atom is 0.419 e.